The van der Waals surface area contributed by atoms with Crippen LogP contribution in [0, 0.1) is 0 Å². The van der Waals surface area contributed by atoms with Crippen LogP contribution in [0.15, 0.2) is 67.3 Å². The van der Waals surface area contributed by atoms with Gasteiger partial charge in [0.15, 0.2) is 0 Å². The summed E-state index contributed by atoms with van der Waals surface area (Å²) in [6, 6.07) is 14.3. The van der Waals surface area contributed by atoms with E-state index in [1.807, 2.05) is 43.0 Å². The van der Waals surface area contributed by atoms with E-state index in [-0.39, 0.29) is 5.91 Å². The number of carbonyl (C=O) groups is 1. The zero-order valence-corrected chi connectivity index (χ0v) is 17.9. The average Bonchev–Trinajstić information content (AvgIpc) is 3.28. The molecule has 5 nitrogen and oxygen atoms in total. The Bertz CT molecular complexity index is 878. The van der Waals surface area contributed by atoms with Gasteiger partial charge in [0.25, 0.3) is 5.91 Å². The number of benzene rings is 2. The van der Waals surface area contributed by atoms with Crippen LogP contribution < -0.4 is 10.1 Å². The Labute approximate surface area is 183 Å². The van der Waals surface area contributed by atoms with Crippen molar-refractivity contribution in [3.8, 4) is 5.75 Å². The molecule has 0 radical (unpaired) electrons. The lowest BCUT2D eigenvalue weighted by Gasteiger charge is -2.09. The van der Waals surface area contributed by atoms with Crippen LogP contribution in [0.3, 0.4) is 0 Å². The number of aromatic nitrogens is 2. The number of nitrogens with zero attached hydrogens (tertiary/aromatic N) is 2. The maximum absolute atomic E-state index is 12.2. The van der Waals surface area contributed by atoms with Crippen molar-refractivity contribution in [2.75, 3.05) is 11.9 Å². The van der Waals surface area contributed by atoms with Gasteiger partial charge in [0.2, 0.25) is 0 Å². The Morgan fingerprint density at radius 1 is 0.933 bits per heavy atom. The molecule has 1 amide bonds. The lowest BCUT2D eigenvalue weighted by Crippen LogP contribution is -2.11. The molecule has 0 aliphatic rings. The zero-order valence-electron chi connectivity index (χ0n) is 17.1. The molecule has 0 atom stereocenters. The Hall–Kier alpha value is -2.79. The summed E-state index contributed by atoms with van der Waals surface area (Å²) in [5.41, 5.74) is 1.31. The normalized spacial score (nSPS) is 10.7. The summed E-state index contributed by atoms with van der Waals surface area (Å²) in [6.45, 7) is 1.77. The van der Waals surface area contributed by atoms with Crippen molar-refractivity contribution < 1.29 is 9.53 Å². The molecule has 1 aromatic heterocycles. The molecule has 0 aliphatic carbocycles. The quantitative estimate of drug-likeness (QED) is 0.351. The Morgan fingerprint density at radius 3 is 2.33 bits per heavy atom. The number of halogens is 1. The molecule has 3 rings (SSSR count). The highest BCUT2D eigenvalue weighted by atomic mass is 35.5. The summed E-state index contributed by atoms with van der Waals surface area (Å²) in [7, 11) is 0. The van der Waals surface area contributed by atoms with Crippen molar-refractivity contribution in [3.05, 3.63) is 77.8 Å². The number of aryl methyl sites for hydroxylation is 1. The molecular formula is C24H28ClN3O2. The van der Waals surface area contributed by atoms with Crippen LogP contribution in [0.4, 0.5) is 5.69 Å². The minimum absolute atomic E-state index is 0.162. The summed E-state index contributed by atoms with van der Waals surface area (Å²) >= 11 is 5.85. The van der Waals surface area contributed by atoms with Crippen molar-refractivity contribution in [3.63, 3.8) is 0 Å². The molecule has 30 heavy (non-hydrogen) atoms. The fourth-order valence-electron chi connectivity index (χ4n) is 3.15. The van der Waals surface area contributed by atoms with Gasteiger partial charge >= 0.3 is 0 Å². The topological polar surface area (TPSA) is 56.1 Å². The monoisotopic (exact) mass is 425 g/mol. The standard InChI is InChI=1S/C24H28ClN3O2/c25-21-9-7-20(8-10-21)24(29)27-22-11-13-23(14-12-22)30-18-6-4-2-1-3-5-16-28-17-15-26-19-28/h7-15,17,19H,1-6,16,18H2,(H,27,29). The fourth-order valence-corrected chi connectivity index (χ4v) is 3.28. The predicted octanol–water partition coefficient (Wildman–Crippen LogP) is 6.21. The number of rotatable bonds is 12. The maximum atomic E-state index is 12.2. The average molecular weight is 426 g/mol. The smallest absolute Gasteiger partial charge is 0.255 e. The van der Waals surface area contributed by atoms with E-state index < -0.39 is 0 Å². The molecule has 2 aromatic carbocycles. The molecule has 0 saturated carbocycles. The third kappa shape index (κ3) is 7.56. The van der Waals surface area contributed by atoms with Gasteiger partial charge in [-0.25, -0.2) is 4.98 Å². The van der Waals surface area contributed by atoms with E-state index in [0.29, 0.717) is 17.2 Å². The number of hydrogen-bond acceptors (Lipinski definition) is 3. The van der Waals surface area contributed by atoms with Crippen molar-refractivity contribution in [2.45, 2.75) is 45.1 Å². The van der Waals surface area contributed by atoms with Gasteiger partial charge in [0.05, 0.1) is 12.9 Å². The SMILES string of the molecule is O=C(Nc1ccc(OCCCCCCCCn2ccnc2)cc1)c1ccc(Cl)cc1. The summed E-state index contributed by atoms with van der Waals surface area (Å²) < 4.78 is 7.93. The van der Waals surface area contributed by atoms with E-state index >= 15 is 0 Å². The van der Waals surface area contributed by atoms with Crippen molar-refractivity contribution in [2.24, 2.45) is 0 Å². The van der Waals surface area contributed by atoms with Crippen LogP contribution in [-0.4, -0.2) is 22.1 Å². The third-order valence-electron chi connectivity index (χ3n) is 4.86. The molecule has 0 saturated heterocycles. The van der Waals surface area contributed by atoms with E-state index in [0.717, 1.165) is 24.4 Å². The van der Waals surface area contributed by atoms with Gasteiger partial charge in [0.1, 0.15) is 5.75 Å². The van der Waals surface area contributed by atoms with E-state index in [4.69, 9.17) is 16.3 Å². The molecule has 158 valence electrons. The highest BCUT2D eigenvalue weighted by molar-refractivity contribution is 6.30. The van der Waals surface area contributed by atoms with Crippen LogP contribution in [0.5, 0.6) is 5.75 Å². The van der Waals surface area contributed by atoms with Crippen molar-refractivity contribution in [1.82, 2.24) is 9.55 Å². The highest BCUT2D eigenvalue weighted by Gasteiger charge is 2.06. The van der Waals surface area contributed by atoms with Crippen LogP contribution in [0.2, 0.25) is 5.02 Å². The second kappa shape index (κ2) is 12.0. The minimum Gasteiger partial charge on any atom is -0.494 e. The van der Waals surface area contributed by atoms with Gasteiger partial charge in [-0.3, -0.25) is 4.79 Å². The first-order chi connectivity index (χ1) is 14.7. The lowest BCUT2D eigenvalue weighted by molar-refractivity contribution is 0.102. The predicted molar refractivity (Wildman–Crippen MR) is 121 cm³/mol. The number of anilines is 1. The molecule has 0 unspecified atom stereocenters. The zero-order chi connectivity index (χ0) is 21.0. The van der Waals surface area contributed by atoms with Crippen molar-refractivity contribution in [1.29, 1.82) is 0 Å². The molecule has 1 N–H and O–H groups in total. The maximum Gasteiger partial charge on any atom is 0.255 e. The molecule has 0 bridgehead atoms. The number of amides is 1. The Kier molecular flexibility index (Phi) is 8.79. The number of hydrogen-bond donors (Lipinski definition) is 1. The first kappa shape index (κ1) is 21.9. The highest BCUT2D eigenvalue weighted by Crippen LogP contribution is 2.18. The largest absolute Gasteiger partial charge is 0.494 e. The van der Waals surface area contributed by atoms with Gasteiger partial charge in [-0.05, 0) is 61.4 Å². The molecule has 6 heteroatoms. The fraction of sp³-hybridized carbons (Fsp3) is 0.333. The van der Waals surface area contributed by atoms with Crippen LogP contribution in [0.25, 0.3) is 0 Å². The Balaban J connectivity index is 1.25. The van der Waals surface area contributed by atoms with E-state index in [2.05, 4.69) is 14.9 Å². The summed E-state index contributed by atoms with van der Waals surface area (Å²) in [5, 5.41) is 3.48. The van der Waals surface area contributed by atoms with Gasteiger partial charge in [-0.15, -0.1) is 0 Å². The van der Waals surface area contributed by atoms with Crippen LogP contribution in [-0.2, 0) is 6.54 Å². The van der Waals surface area contributed by atoms with Gasteiger partial charge < -0.3 is 14.6 Å². The molecule has 3 aromatic rings. The van der Waals surface area contributed by atoms with E-state index in [1.165, 1.54) is 32.1 Å². The van der Waals surface area contributed by atoms with Crippen LogP contribution >= 0.6 is 11.6 Å². The number of imidazole rings is 1. The number of unbranched alkanes of at least 4 members (excludes halogenated alkanes) is 5. The first-order valence-electron chi connectivity index (χ1n) is 10.5. The van der Waals surface area contributed by atoms with Crippen molar-refractivity contribution >= 4 is 23.2 Å². The minimum atomic E-state index is -0.162. The summed E-state index contributed by atoms with van der Waals surface area (Å²) in [4.78, 5) is 16.3. The summed E-state index contributed by atoms with van der Waals surface area (Å²) in [6.07, 6.45) is 12.9. The molecular weight excluding hydrogens is 398 g/mol. The van der Waals surface area contributed by atoms with Gasteiger partial charge in [0, 0.05) is 35.2 Å². The number of ether oxygens (including phenoxy) is 1. The summed E-state index contributed by atoms with van der Waals surface area (Å²) in [5.74, 6) is 0.658. The van der Waals surface area contributed by atoms with Gasteiger partial charge in [-0.1, -0.05) is 37.3 Å². The van der Waals surface area contributed by atoms with E-state index in [9.17, 15) is 4.79 Å². The first-order valence-corrected chi connectivity index (χ1v) is 10.8. The number of nitrogens with one attached hydrogen (secondary N) is 1. The molecule has 0 spiro atoms. The van der Waals surface area contributed by atoms with Gasteiger partial charge in [-0.2, -0.15) is 0 Å². The second-order valence-electron chi connectivity index (χ2n) is 7.26. The lowest BCUT2D eigenvalue weighted by atomic mass is 10.1. The number of carbonyl (C=O) groups excluding carboxylic acids is 1. The second-order valence-corrected chi connectivity index (χ2v) is 7.69. The Morgan fingerprint density at radius 2 is 1.63 bits per heavy atom. The molecule has 0 fully saturated rings. The third-order valence-corrected chi connectivity index (χ3v) is 5.11. The van der Waals surface area contributed by atoms with Crippen LogP contribution in [0.1, 0.15) is 48.9 Å². The molecule has 0 aliphatic heterocycles. The van der Waals surface area contributed by atoms with E-state index in [1.54, 1.807) is 24.3 Å². The molecule has 1 heterocycles.